The van der Waals surface area contributed by atoms with Crippen LogP contribution in [-0.2, 0) is 4.79 Å². The SMILES string of the molecule is CN(CC1CCCCC1)C(=O)C(C)(N)C1CC1. The molecule has 0 spiro atoms. The lowest BCUT2D eigenvalue weighted by Gasteiger charge is -2.32. The third-order valence-corrected chi connectivity index (χ3v) is 4.49. The van der Waals surface area contributed by atoms with Gasteiger partial charge in [0.1, 0.15) is 0 Å². The van der Waals surface area contributed by atoms with Crippen LogP contribution < -0.4 is 5.73 Å². The summed E-state index contributed by atoms with van der Waals surface area (Å²) in [6, 6.07) is 0. The Morgan fingerprint density at radius 3 is 2.35 bits per heavy atom. The second kappa shape index (κ2) is 4.97. The Labute approximate surface area is 105 Å². The van der Waals surface area contributed by atoms with E-state index in [0.29, 0.717) is 11.8 Å². The number of nitrogens with two attached hydrogens (primary N) is 1. The number of rotatable bonds is 4. The van der Waals surface area contributed by atoms with Crippen molar-refractivity contribution in [1.29, 1.82) is 0 Å². The molecule has 3 heteroatoms. The van der Waals surface area contributed by atoms with Crippen molar-refractivity contribution < 1.29 is 4.79 Å². The number of carbonyl (C=O) groups excluding carboxylic acids is 1. The van der Waals surface area contributed by atoms with Gasteiger partial charge in [0.25, 0.3) is 0 Å². The van der Waals surface area contributed by atoms with Gasteiger partial charge in [-0.2, -0.15) is 0 Å². The van der Waals surface area contributed by atoms with Crippen molar-refractivity contribution in [2.45, 2.75) is 57.4 Å². The Morgan fingerprint density at radius 1 is 1.24 bits per heavy atom. The van der Waals surface area contributed by atoms with E-state index in [9.17, 15) is 4.79 Å². The quantitative estimate of drug-likeness (QED) is 0.815. The van der Waals surface area contributed by atoms with Gasteiger partial charge in [-0.15, -0.1) is 0 Å². The van der Waals surface area contributed by atoms with Crippen LogP contribution in [0.15, 0.2) is 0 Å². The van der Waals surface area contributed by atoms with E-state index in [-0.39, 0.29) is 5.91 Å². The minimum atomic E-state index is -0.622. The van der Waals surface area contributed by atoms with E-state index in [1.807, 2.05) is 18.9 Å². The zero-order valence-electron chi connectivity index (χ0n) is 11.2. The summed E-state index contributed by atoms with van der Waals surface area (Å²) in [4.78, 5) is 14.2. The predicted octanol–water partition coefficient (Wildman–Crippen LogP) is 2.15. The minimum Gasteiger partial charge on any atom is -0.344 e. The lowest BCUT2D eigenvalue weighted by Crippen LogP contribution is -2.54. The third kappa shape index (κ3) is 3.01. The lowest BCUT2D eigenvalue weighted by molar-refractivity contribution is -0.136. The molecule has 2 saturated carbocycles. The molecule has 1 unspecified atom stereocenters. The monoisotopic (exact) mass is 238 g/mol. The van der Waals surface area contributed by atoms with Crippen LogP contribution in [0.3, 0.4) is 0 Å². The lowest BCUT2D eigenvalue weighted by atomic mass is 9.88. The Balaban J connectivity index is 1.85. The maximum absolute atomic E-state index is 12.3. The zero-order chi connectivity index (χ0) is 12.5. The smallest absolute Gasteiger partial charge is 0.242 e. The molecule has 0 radical (unpaired) electrons. The van der Waals surface area contributed by atoms with E-state index in [2.05, 4.69) is 0 Å². The molecule has 0 heterocycles. The van der Waals surface area contributed by atoms with Crippen LogP contribution in [0.25, 0.3) is 0 Å². The number of hydrogen-bond acceptors (Lipinski definition) is 2. The van der Waals surface area contributed by atoms with Crippen molar-refractivity contribution in [3.05, 3.63) is 0 Å². The van der Waals surface area contributed by atoms with Crippen LogP contribution in [0.2, 0.25) is 0 Å². The van der Waals surface area contributed by atoms with Crippen LogP contribution in [0, 0.1) is 11.8 Å². The first kappa shape index (κ1) is 12.9. The van der Waals surface area contributed by atoms with Crippen molar-refractivity contribution >= 4 is 5.91 Å². The molecular weight excluding hydrogens is 212 g/mol. The molecule has 3 nitrogen and oxygen atoms in total. The highest BCUT2D eigenvalue weighted by molar-refractivity contribution is 5.86. The average molecular weight is 238 g/mol. The first-order valence-electron chi connectivity index (χ1n) is 7.06. The Hall–Kier alpha value is -0.570. The van der Waals surface area contributed by atoms with Gasteiger partial charge in [0.2, 0.25) is 5.91 Å². The summed E-state index contributed by atoms with van der Waals surface area (Å²) in [5, 5.41) is 0. The van der Waals surface area contributed by atoms with Gasteiger partial charge in [0.05, 0.1) is 5.54 Å². The van der Waals surface area contributed by atoms with E-state index in [0.717, 1.165) is 19.4 Å². The molecule has 0 aromatic rings. The number of likely N-dealkylation sites (N-methyl/N-ethyl adjacent to an activating group) is 1. The van der Waals surface area contributed by atoms with Crippen LogP contribution in [-0.4, -0.2) is 29.9 Å². The van der Waals surface area contributed by atoms with Crippen molar-refractivity contribution in [3.63, 3.8) is 0 Å². The minimum absolute atomic E-state index is 0.144. The molecule has 2 fully saturated rings. The summed E-state index contributed by atoms with van der Waals surface area (Å²) in [6.07, 6.45) is 8.83. The van der Waals surface area contributed by atoms with Gasteiger partial charge in [-0.05, 0) is 44.4 Å². The van der Waals surface area contributed by atoms with Gasteiger partial charge in [-0.3, -0.25) is 4.79 Å². The molecule has 2 aliphatic carbocycles. The number of carbonyl (C=O) groups is 1. The second-order valence-corrected chi connectivity index (χ2v) is 6.25. The fraction of sp³-hybridized carbons (Fsp3) is 0.929. The van der Waals surface area contributed by atoms with Gasteiger partial charge in [0.15, 0.2) is 0 Å². The molecule has 17 heavy (non-hydrogen) atoms. The molecule has 98 valence electrons. The number of hydrogen-bond donors (Lipinski definition) is 1. The maximum Gasteiger partial charge on any atom is 0.242 e. The predicted molar refractivity (Wildman–Crippen MR) is 69.5 cm³/mol. The Kier molecular flexibility index (Phi) is 3.76. The molecule has 0 saturated heterocycles. The zero-order valence-corrected chi connectivity index (χ0v) is 11.2. The molecule has 0 aromatic heterocycles. The summed E-state index contributed by atoms with van der Waals surface area (Å²) < 4.78 is 0. The normalized spacial score (nSPS) is 25.4. The average Bonchev–Trinajstić information content (AvgIpc) is 3.13. The van der Waals surface area contributed by atoms with Gasteiger partial charge >= 0.3 is 0 Å². The van der Waals surface area contributed by atoms with E-state index in [4.69, 9.17) is 5.73 Å². The number of nitrogens with zero attached hydrogens (tertiary/aromatic N) is 1. The Bertz CT molecular complexity index is 278. The summed E-state index contributed by atoms with van der Waals surface area (Å²) in [5.41, 5.74) is 5.56. The molecule has 1 atom stereocenters. The summed E-state index contributed by atoms with van der Waals surface area (Å²) >= 11 is 0. The molecule has 2 aliphatic rings. The molecule has 2 rings (SSSR count). The summed E-state index contributed by atoms with van der Waals surface area (Å²) in [5.74, 6) is 1.27. The molecule has 1 amide bonds. The van der Waals surface area contributed by atoms with Crippen molar-refractivity contribution in [1.82, 2.24) is 4.90 Å². The largest absolute Gasteiger partial charge is 0.344 e. The van der Waals surface area contributed by atoms with Crippen LogP contribution in [0.5, 0.6) is 0 Å². The molecule has 2 N–H and O–H groups in total. The highest BCUT2D eigenvalue weighted by Gasteiger charge is 2.45. The molecule has 0 aliphatic heterocycles. The highest BCUT2D eigenvalue weighted by Crippen LogP contribution is 2.39. The number of amides is 1. The second-order valence-electron chi connectivity index (χ2n) is 6.25. The highest BCUT2D eigenvalue weighted by atomic mass is 16.2. The van der Waals surface area contributed by atoms with Crippen molar-refractivity contribution in [2.24, 2.45) is 17.6 Å². The van der Waals surface area contributed by atoms with Crippen molar-refractivity contribution in [2.75, 3.05) is 13.6 Å². The van der Waals surface area contributed by atoms with Crippen molar-refractivity contribution in [3.8, 4) is 0 Å². The van der Waals surface area contributed by atoms with Crippen LogP contribution in [0.1, 0.15) is 51.9 Å². The van der Waals surface area contributed by atoms with E-state index >= 15 is 0 Å². The van der Waals surface area contributed by atoms with Gasteiger partial charge in [0, 0.05) is 13.6 Å². The summed E-state index contributed by atoms with van der Waals surface area (Å²) in [7, 11) is 1.92. The van der Waals surface area contributed by atoms with Gasteiger partial charge in [-0.25, -0.2) is 0 Å². The fourth-order valence-electron chi connectivity index (χ4n) is 3.11. The summed E-state index contributed by atoms with van der Waals surface area (Å²) in [6.45, 7) is 2.81. The standard InChI is InChI=1S/C14H26N2O/c1-14(15,12-8-9-12)13(17)16(2)10-11-6-4-3-5-7-11/h11-12H,3-10,15H2,1-2H3. The van der Waals surface area contributed by atoms with Gasteiger partial charge in [-0.1, -0.05) is 19.3 Å². The third-order valence-electron chi connectivity index (χ3n) is 4.49. The molecule has 0 aromatic carbocycles. The van der Waals surface area contributed by atoms with E-state index < -0.39 is 5.54 Å². The first-order chi connectivity index (χ1) is 8.01. The van der Waals surface area contributed by atoms with Crippen LogP contribution >= 0.6 is 0 Å². The van der Waals surface area contributed by atoms with Crippen LogP contribution in [0.4, 0.5) is 0 Å². The molecular formula is C14H26N2O. The molecule has 0 bridgehead atoms. The fourth-order valence-corrected chi connectivity index (χ4v) is 3.11. The Morgan fingerprint density at radius 2 is 1.82 bits per heavy atom. The van der Waals surface area contributed by atoms with Gasteiger partial charge < -0.3 is 10.6 Å². The van der Waals surface area contributed by atoms with E-state index in [1.54, 1.807) is 0 Å². The maximum atomic E-state index is 12.3. The van der Waals surface area contributed by atoms with E-state index in [1.165, 1.54) is 32.1 Å². The first-order valence-corrected chi connectivity index (χ1v) is 7.06. The topological polar surface area (TPSA) is 46.3 Å².